The first-order valence-corrected chi connectivity index (χ1v) is 6.48. The van der Waals surface area contributed by atoms with Crippen LogP contribution in [0.5, 0.6) is 5.75 Å². The van der Waals surface area contributed by atoms with Crippen molar-refractivity contribution in [2.45, 2.75) is 19.5 Å². The van der Waals surface area contributed by atoms with Crippen LogP contribution in [0.2, 0.25) is 0 Å². The van der Waals surface area contributed by atoms with Crippen LogP contribution in [0.4, 0.5) is 13.2 Å². The van der Waals surface area contributed by atoms with Crippen LogP contribution in [-0.4, -0.2) is 24.8 Å². The highest BCUT2D eigenvalue weighted by Gasteiger charge is 2.31. The Bertz CT molecular complexity index is 463. The Hall–Kier alpha value is -1.34. The van der Waals surface area contributed by atoms with E-state index < -0.39 is 11.7 Å². The van der Waals surface area contributed by atoms with E-state index in [9.17, 15) is 13.2 Å². The summed E-state index contributed by atoms with van der Waals surface area (Å²) in [6.45, 7) is 3.16. The number of halogens is 3. The first-order chi connectivity index (χ1) is 9.36. The molecule has 0 heterocycles. The summed E-state index contributed by atoms with van der Waals surface area (Å²) < 4.78 is 48.4. The molecule has 0 spiro atoms. The Morgan fingerprint density at radius 1 is 1.25 bits per heavy atom. The minimum absolute atomic E-state index is 0.0744. The van der Waals surface area contributed by atoms with E-state index in [4.69, 9.17) is 27.4 Å². The molecule has 1 aromatic rings. The van der Waals surface area contributed by atoms with E-state index in [0.717, 1.165) is 18.6 Å². The summed E-state index contributed by atoms with van der Waals surface area (Å²) >= 11 is 4.75. The van der Waals surface area contributed by atoms with Crippen molar-refractivity contribution in [1.82, 2.24) is 0 Å². The van der Waals surface area contributed by atoms with Crippen molar-refractivity contribution in [2.24, 2.45) is 5.73 Å². The molecule has 2 N–H and O–H groups in total. The Labute approximate surface area is 120 Å². The van der Waals surface area contributed by atoms with E-state index >= 15 is 0 Å². The van der Waals surface area contributed by atoms with Gasteiger partial charge in [-0.25, -0.2) is 0 Å². The van der Waals surface area contributed by atoms with Crippen LogP contribution in [0, 0.1) is 0 Å². The number of alkyl halides is 3. The van der Waals surface area contributed by atoms with Crippen molar-refractivity contribution in [2.75, 3.05) is 19.8 Å². The number of rotatable bonds is 7. The van der Waals surface area contributed by atoms with E-state index in [1.807, 2.05) is 6.92 Å². The standard InChI is InChI=1S/C13H16F3NO2S/c1-2-5-18-6-7-19-11-4-3-9(13(14,15)16)8-10(11)12(17)20/h3-4,8H,2,5-7H2,1H3,(H2,17,20). The van der Waals surface area contributed by atoms with Crippen molar-refractivity contribution >= 4 is 17.2 Å². The number of hydrogen-bond acceptors (Lipinski definition) is 3. The molecule has 1 aromatic carbocycles. The molecule has 0 aliphatic heterocycles. The molecular weight excluding hydrogens is 291 g/mol. The minimum atomic E-state index is -4.44. The highest BCUT2D eigenvalue weighted by Crippen LogP contribution is 2.32. The second kappa shape index (κ2) is 7.44. The lowest BCUT2D eigenvalue weighted by atomic mass is 10.1. The average molecular weight is 307 g/mol. The molecule has 0 aliphatic rings. The topological polar surface area (TPSA) is 44.5 Å². The summed E-state index contributed by atoms with van der Waals surface area (Å²) in [7, 11) is 0. The van der Waals surface area contributed by atoms with Gasteiger partial charge in [0.2, 0.25) is 0 Å². The van der Waals surface area contributed by atoms with E-state index in [1.165, 1.54) is 6.07 Å². The molecular formula is C13H16F3NO2S. The van der Waals surface area contributed by atoms with Gasteiger partial charge in [-0.3, -0.25) is 0 Å². The van der Waals surface area contributed by atoms with Crippen molar-refractivity contribution in [3.05, 3.63) is 29.3 Å². The largest absolute Gasteiger partial charge is 0.490 e. The van der Waals surface area contributed by atoms with Gasteiger partial charge < -0.3 is 15.2 Å². The van der Waals surface area contributed by atoms with E-state index in [2.05, 4.69) is 0 Å². The third-order valence-electron chi connectivity index (χ3n) is 2.41. The lowest BCUT2D eigenvalue weighted by molar-refractivity contribution is -0.137. The van der Waals surface area contributed by atoms with Crippen molar-refractivity contribution in [3.8, 4) is 5.75 Å². The Balaban J connectivity index is 2.78. The van der Waals surface area contributed by atoms with Crippen molar-refractivity contribution < 1.29 is 22.6 Å². The summed E-state index contributed by atoms with van der Waals surface area (Å²) in [5.41, 5.74) is 4.70. The third kappa shape index (κ3) is 4.97. The molecule has 7 heteroatoms. The van der Waals surface area contributed by atoms with Crippen LogP contribution in [-0.2, 0) is 10.9 Å². The van der Waals surface area contributed by atoms with Gasteiger partial charge in [0.15, 0.2) is 0 Å². The Kier molecular flexibility index (Phi) is 6.22. The van der Waals surface area contributed by atoms with E-state index in [-0.39, 0.29) is 22.9 Å². The normalized spacial score (nSPS) is 11.4. The maximum Gasteiger partial charge on any atom is 0.416 e. The first-order valence-electron chi connectivity index (χ1n) is 6.08. The fourth-order valence-corrected chi connectivity index (χ4v) is 1.64. The van der Waals surface area contributed by atoms with Gasteiger partial charge >= 0.3 is 6.18 Å². The van der Waals surface area contributed by atoms with Crippen LogP contribution in [0.15, 0.2) is 18.2 Å². The highest BCUT2D eigenvalue weighted by atomic mass is 32.1. The molecule has 0 radical (unpaired) electrons. The zero-order chi connectivity index (χ0) is 15.2. The predicted molar refractivity (Wildman–Crippen MR) is 73.9 cm³/mol. The zero-order valence-electron chi connectivity index (χ0n) is 11.0. The van der Waals surface area contributed by atoms with Gasteiger partial charge in [-0.15, -0.1) is 0 Å². The van der Waals surface area contributed by atoms with Crippen LogP contribution < -0.4 is 10.5 Å². The van der Waals surface area contributed by atoms with Crippen molar-refractivity contribution in [1.29, 1.82) is 0 Å². The maximum atomic E-state index is 12.6. The second-order valence-corrected chi connectivity index (χ2v) is 4.47. The molecule has 0 fully saturated rings. The smallest absolute Gasteiger partial charge is 0.416 e. The molecule has 1 rings (SSSR count). The van der Waals surface area contributed by atoms with Gasteiger partial charge in [0.25, 0.3) is 0 Å². The molecule has 112 valence electrons. The van der Waals surface area contributed by atoms with Gasteiger partial charge in [0.05, 0.1) is 17.7 Å². The quantitative estimate of drug-likeness (QED) is 0.621. The molecule has 0 saturated heterocycles. The zero-order valence-corrected chi connectivity index (χ0v) is 11.8. The average Bonchev–Trinajstić information content (AvgIpc) is 2.37. The van der Waals surface area contributed by atoms with Crippen LogP contribution in [0.1, 0.15) is 24.5 Å². The Morgan fingerprint density at radius 3 is 2.50 bits per heavy atom. The fraction of sp³-hybridized carbons (Fsp3) is 0.462. The summed E-state index contributed by atoms with van der Waals surface area (Å²) in [5.74, 6) is 0.227. The van der Waals surface area contributed by atoms with Gasteiger partial charge in [0, 0.05) is 6.61 Å². The molecule has 0 amide bonds. The molecule has 0 unspecified atom stereocenters. The van der Waals surface area contributed by atoms with Gasteiger partial charge in [-0.2, -0.15) is 13.2 Å². The summed E-state index contributed by atoms with van der Waals surface area (Å²) in [6.07, 6.45) is -3.55. The minimum Gasteiger partial charge on any atom is -0.490 e. The number of benzene rings is 1. The third-order valence-corrected chi connectivity index (χ3v) is 2.63. The lowest BCUT2D eigenvalue weighted by Gasteiger charge is -2.14. The lowest BCUT2D eigenvalue weighted by Crippen LogP contribution is -2.16. The van der Waals surface area contributed by atoms with E-state index in [1.54, 1.807) is 0 Å². The van der Waals surface area contributed by atoms with Crippen LogP contribution in [0.25, 0.3) is 0 Å². The molecule has 0 aliphatic carbocycles. The van der Waals surface area contributed by atoms with Gasteiger partial charge in [-0.05, 0) is 24.6 Å². The summed E-state index contributed by atoms with van der Waals surface area (Å²) in [4.78, 5) is -0.138. The monoisotopic (exact) mass is 307 g/mol. The molecule has 0 saturated carbocycles. The number of nitrogens with two attached hydrogens (primary N) is 1. The number of ether oxygens (including phenoxy) is 2. The van der Waals surface area contributed by atoms with Crippen LogP contribution >= 0.6 is 12.2 Å². The molecule has 3 nitrogen and oxygen atoms in total. The summed E-state index contributed by atoms with van der Waals surface area (Å²) in [5, 5.41) is 0. The highest BCUT2D eigenvalue weighted by molar-refractivity contribution is 7.80. The Morgan fingerprint density at radius 2 is 1.95 bits per heavy atom. The number of thiocarbonyl (C=S) groups is 1. The SMILES string of the molecule is CCCOCCOc1ccc(C(F)(F)F)cc1C(N)=S. The van der Waals surface area contributed by atoms with Gasteiger partial charge in [-0.1, -0.05) is 19.1 Å². The van der Waals surface area contributed by atoms with Crippen molar-refractivity contribution in [3.63, 3.8) is 0 Å². The molecule has 0 atom stereocenters. The fourth-order valence-electron chi connectivity index (χ4n) is 1.48. The first kappa shape index (κ1) is 16.7. The maximum absolute atomic E-state index is 12.6. The van der Waals surface area contributed by atoms with Gasteiger partial charge in [0.1, 0.15) is 17.3 Å². The second-order valence-electron chi connectivity index (χ2n) is 4.03. The number of hydrogen-bond donors (Lipinski definition) is 1. The van der Waals surface area contributed by atoms with E-state index in [0.29, 0.717) is 13.2 Å². The molecule has 0 aromatic heterocycles. The van der Waals surface area contributed by atoms with Crippen LogP contribution in [0.3, 0.4) is 0 Å². The summed E-state index contributed by atoms with van der Waals surface area (Å²) in [6, 6.07) is 3.05. The molecule has 20 heavy (non-hydrogen) atoms. The molecule has 0 bridgehead atoms. The predicted octanol–water partition coefficient (Wildman–Crippen LogP) is 3.15.